The highest BCUT2D eigenvalue weighted by atomic mass is 16.5. The minimum Gasteiger partial charge on any atom is -0.491 e. The molecule has 0 spiro atoms. The molecule has 3 rings (SSSR count). The molecule has 1 aromatic rings. The van der Waals surface area contributed by atoms with Crippen LogP contribution in [-0.4, -0.2) is 49.8 Å². The fourth-order valence-corrected chi connectivity index (χ4v) is 2.78. The number of carbonyl (C=O) groups excluding carboxylic acids is 1. The van der Waals surface area contributed by atoms with Gasteiger partial charge in [0.2, 0.25) is 5.91 Å². The average molecular weight is 290 g/mol. The average Bonchev–Trinajstić information content (AvgIpc) is 2.76. The lowest BCUT2D eigenvalue weighted by Gasteiger charge is -2.25. The minimum atomic E-state index is 0.0498. The summed E-state index contributed by atoms with van der Waals surface area (Å²) >= 11 is 0. The maximum atomic E-state index is 12.3. The number of hydrogen-bond acceptors (Lipinski definition) is 4. The quantitative estimate of drug-likeness (QED) is 0.908. The summed E-state index contributed by atoms with van der Waals surface area (Å²) in [5, 5.41) is 3.29. The van der Waals surface area contributed by atoms with Crippen LogP contribution >= 0.6 is 0 Å². The van der Waals surface area contributed by atoms with Gasteiger partial charge in [-0.2, -0.15) is 0 Å². The van der Waals surface area contributed by atoms with Crippen molar-refractivity contribution in [3.8, 4) is 5.75 Å². The first-order valence-electron chi connectivity index (χ1n) is 7.64. The molecule has 0 saturated carbocycles. The third-order valence-corrected chi connectivity index (χ3v) is 4.03. The van der Waals surface area contributed by atoms with Crippen LogP contribution in [0.3, 0.4) is 0 Å². The molecule has 1 fully saturated rings. The normalized spacial score (nSPS) is 19.5. The second-order valence-electron chi connectivity index (χ2n) is 5.53. The molecule has 2 aliphatic heterocycles. The molecule has 0 bridgehead atoms. The fraction of sp³-hybridized carbons (Fsp3) is 0.562. The van der Waals surface area contributed by atoms with Crippen molar-refractivity contribution in [1.82, 2.24) is 10.2 Å². The van der Waals surface area contributed by atoms with E-state index < -0.39 is 0 Å². The topological polar surface area (TPSA) is 50.8 Å². The number of fused-ring (bicyclic) bond motifs is 1. The van der Waals surface area contributed by atoms with Crippen LogP contribution in [-0.2, 0) is 16.1 Å². The predicted molar refractivity (Wildman–Crippen MR) is 79.2 cm³/mol. The molecule has 1 saturated heterocycles. The Balaban J connectivity index is 1.55. The van der Waals surface area contributed by atoms with Crippen molar-refractivity contribution in [1.29, 1.82) is 0 Å². The van der Waals surface area contributed by atoms with Gasteiger partial charge in [0.15, 0.2) is 0 Å². The molecule has 0 unspecified atom stereocenters. The summed E-state index contributed by atoms with van der Waals surface area (Å²) in [4.78, 5) is 14.2. The molecule has 114 valence electrons. The van der Waals surface area contributed by atoms with Crippen LogP contribution in [0.4, 0.5) is 0 Å². The van der Waals surface area contributed by atoms with Crippen molar-refractivity contribution >= 4 is 5.91 Å². The first kappa shape index (κ1) is 14.4. The van der Waals surface area contributed by atoms with Gasteiger partial charge < -0.3 is 19.7 Å². The molecule has 0 aromatic heterocycles. The Labute approximate surface area is 125 Å². The Morgan fingerprint density at radius 3 is 3.00 bits per heavy atom. The molecule has 2 heterocycles. The van der Waals surface area contributed by atoms with Crippen molar-refractivity contribution in [2.75, 3.05) is 32.8 Å². The van der Waals surface area contributed by atoms with Gasteiger partial charge in [-0.1, -0.05) is 18.2 Å². The van der Waals surface area contributed by atoms with E-state index in [1.54, 1.807) is 0 Å². The Kier molecular flexibility index (Phi) is 4.72. The first-order valence-corrected chi connectivity index (χ1v) is 7.64. The van der Waals surface area contributed by atoms with Crippen LogP contribution in [0.25, 0.3) is 0 Å². The number of rotatable bonds is 3. The van der Waals surface area contributed by atoms with Crippen molar-refractivity contribution in [2.24, 2.45) is 0 Å². The predicted octanol–water partition coefficient (Wildman–Crippen LogP) is 1.18. The number of amides is 1. The van der Waals surface area contributed by atoms with Gasteiger partial charge >= 0.3 is 0 Å². The van der Waals surface area contributed by atoms with Gasteiger partial charge in [-0.05, 0) is 32.0 Å². The van der Waals surface area contributed by atoms with Gasteiger partial charge in [-0.25, -0.2) is 0 Å². The number of hydrogen-bond donors (Lipinski definition) is 1. The van der Waals surface area contributed by atoms with Crippen molar-refractivity contribution < 1.29 is 14.3 Å². The molecular weight excluding hydrogens is 268 g/mol. The van der Waals surface area contributed by atoms with Crippen LogP contribution in [0, 0.1) is 0 Å². The summed E-state index contributed by atoms with van der Waals surface area (Å²) in [6.45, 7) is 3.88. The van der Waals surface area contributed by atoms with Crippen LogP contribution < -0.4 is 10.1 Å². The Bertz CT molecular complexity index is 486. The van der Waals surface area contributed by atoms with E-state index in [-0.39, 0.29) is 18.6 Å². The van der Waals surface area contributed by atoms with Crippen LogP contribution in [0.5, 0.6) is 5.75 Å². The Hall–Kier alpha value is -1.59. The number of piperidine rings is 1. The highest BCUT2D eigenvalue weighted by molar-refractivity contribution is 5.77. The molecule has 0 radical (unpaired) electrons. The van der Waals surface area contributed by atoms with E-state index >= 15 is 0 Å². The second-order valence-corrected chi connectivity index (χ2v) is 5.53. The summed E-state index contributed by atoms with van der Waals surface area (Å²) in [6, 6.07) is 7.89. The number of benzene rings is 1. The molecule has 2 aliphatic rings. The van der Waals surface area contributed by atoms with Crippen molar-refractivity contribution in [3.63, 3.8) is 0 Å². The molecule has 1 aromatic carbocycles. The van der Waals surface area contributed by atoms with Crippen molar-refractivity contribution in [2.45, 2.75) is 25.5 Å². The number of nitrogens with zero attached hydrogens (tertiary/aromatic N) is 1. The van der Waals surface area contributed by atoms with E-state index in [0.29, 0.717) is 19.7 Å². The summed E-state index contributed by atoms with van der Waals surface area (Å²) in [5.74, 6) is 0.931. The third kappa shape index (κ3) is 3.74. The van der Waals surface area contributed by atoms with Gasteiger partial charge in [0.25, 0.3) is 0 Å². The molecule has 5 nitrogen and oxygen atoms in total. The molecule has 0 atom stereocenters. The number of nitrogens with one attached hydrogen (secondary N) is 1. The highest BCUT2D eigenvalue weighted by Gasteiger charge is 2.21. The molecule has 21 heavy (non-hydrogen) atoms. The zero-order valence-corrected chi connectivity index (χ0v) is 12.2. The standard InChI is InChI=1S/C16H22N2O3/c19-16(12-21-14-5-7-17-8-6-14)18-9-10-20-15-4-2-1-3-13(15)11-18/h1-4,14,17H,5-12H2. The van der Waals surface area contributed by atoms with Gasteiger partial charge in [-0.15, -0.1) is 0 Å². The molecule has 1 amide bonds. The maximum Gasteiger partial charge on any atom is 0.249 e. The Morgan fingerprint density at radius 2 is 2.14 bits per heavy atom. The van der Waals surface area contributed by atoms with Gasteiger partial charge in [-0.3, -0.25) is 4.79 Å². The molecule has 5 heteroatoms. The van der Waals surface area contributed by atoms with Gasteiger partial charge in [0.1, 0.15) is 19.0 Å². The lowest BCUT2D eigenvalue weighted by molar-refractivity contribution is -0.139. The summed E-state index contributed by atoms with van der Waals surface area (Å²) in [5.41, 5.74) is 1.06. The third-order valence-electron chi connectivity index (χ3n) is 4.03. The zero-order valence-electron chi connectivity index (χ0n) is 12.2. The van der Waals surface area contributed by atoms with E-state index in [9.17, 15) is 4.79 Å². The monoisotopic (exact) mass is 290 g/mol. The Morgan fingerprint density at radius 1 is 1.33 bits per heavy atom. The second kappa shape index (κ2) is 6.91. The summed E-state index contributed by atoms with van der Waals surface area (Å²) in [6.07, 6.45) is 2.18. The van der Waals surface area contributed by atoms with Gasteiger partial charge in [0.05, 0.1) is 12.6 Å². The largest absolute Gasteiger partial charge is 0.491 e. The van der Waals surface area contributed by atoms with E-state index in [4.69, 9.17) is 9.47 Å². The van der Waals surface area contributed by atoms with Crippen LogP contribution in [0.15, 0.2) is 24.3 Å². The molecule has 1 N–H and O–H groups in total. The number of ether oxygens (including phenoxy) is 2. The number of para-hydroxylation sites is 1. The zero-order chi connectivity index (χ0) is 14.5. The van der Waals surface area contributed by atoms with Gasteiger partial charge in [0, 0.05) is 12.1 Å². The lowest BCUT2D eigenvalue weighted by Crippen LogP contribution is -2.38. The highest BCUT2D eigenvalue weighted by Crippen LogP contribution is 2.22. The minimum absolute atomic E-state index is 0.0498. The smallest absolute Gasteiger partial charge is 0.249 e. The SMILES string of the molecule is O=C(COC1CCNCC1)N1CCOc2ccccc2C1. The van der Waals surface area contributed by atoms with E-state index in [1.165, 1.54) is 0 Å². The van der Waals surface area contributed by atoms with E-state index in [2.05, 4.69) is 5.32 Å². The van der Waals surface area contributed by atoms with E-state index in [0.717, 1.165) is 37.2 Å². The fourth-order valence-electron chi connectivity index (χ4n) is 2.78. The van der Waals surface area contributed by atoms with Crippen LogP contribution in [0.2, 0.25) is 0 Å². The number of carbonyl (C=O) groups is 1. The summed E-state index contributed by atoms with van der Waals surface area (Å²) < 4.78 is 11.4. The maximum absolute atomic E-state index is 12.3. The summed E-state index contributed by atoms with van der Waals surface area (Å²) in [7, 11) is 0. The molecule has 0 aliphatic carbocycles. The lowest BCUT2D eigenvalue weighted by atomic mass is 10.1. The first-order chi connectivity index (χ1) is 10.3. The van der Waals surface area contributed by atoms with Crippen molar-refractivity contribution in [3.05, 3.63) is 29.8 Å². The molecular formula is C16H22N2O3. The van der Waals surface area contributed by atoms with Crippen LogP contribution in [0.1, 0.15) is 18.4 Å². The van der Waals surface area contributed by atoms with E-state index in [1.807, 2.05) is 29.2 Å².